The van der Waals surface area contributed by atoms with Gasteiger partial charge < -0.3 is 4.98 Å². The van der Waals surface area contributed by atoms with Crippen LogP contribution < -0.4 is 9.77 Å². The molecule has 3 aromatic carbocycles. The summed E-state index contributed by atoms with van der Waals surface area (Å²) in [5.41, 5.74) is 3.33. The van der Waals surface area contributed by atoms with Gasteiger partial charge in [-0.05, 0) is 41.0 Å². The Morgan fingerprint density at radius 2 is 1.47 bits per heavy atom. The molecule has 6 rings (SSSR count). The van der Waals surface area contributed by atoms with Gasteiger partial charge in [-0.1, -0.05) is 77.7 Å². The van der Waals surface area contributed by atoms with Gasteiger partial charge in [-0.3, -0.25) is 14.4 Å². The second kappa shape index (κ2) is 8.07. The fourth-order valence-corrected chi connectivity index (χ4v) is 7.25. The van der Waals surface area contributed by atoms with Crippen LogP contribution in [0.1, 0.15) is 16.4 Å². The number of aromatic nitrogens is 1. The molecule has 3 atom stereocenters. The van der Waals surface area contributed by atoms with E-state index in [9.17, 15) is 18.8 Å². The molecule has 168 valence electrons. The summed E-state index contributed by atoms with van der Waals surface area (Å²) in [4.78, 5) is 43.8. The number of hydrogen-bond donors (Lipinski definition) is 1. The van der Waals surface area contributed by atoms with Crippen molar-refractivity contribution in [1.82, 2.24) is 4.98 Å². The van der Waals surface area contributed by atoms with Crippen LogP contribution in [0.15, 0.2) is 88.7 Å². The molecule has 2 aliphatic heterocycles. The standard InChI is InChI=1S/C26H17FN2O3S2/c27-17-10-12-18(13-11-17)29-24(30)20-19(21-23(28-26(32)34-21)33-22(20)25(29)31)16-8-6-15(7-9-16)14-4-2-1-3-5-14/h1-13,19-20,22H,(H,28,32)/t19-,20-,22+/m0/s1. The summed E-state index contributed by atoms with van der Waals surface area (Å²) >= 11 is 2.31. The van der Waals surface area contributed by atoms with Crippen molar-refractivity contribution in [2.24, 2.45) is 5.92 Å². The van der Waals surface area contributed by atoms with Gasteiger partial charge in [0.05, 0.1) is 16.6 Å². The van der Waals surface area contributed by atoms with Gasteiger partial charge in [-0.25, -0.2) is 9.29 Å². The summed E-state index contributed by atoms with van der Waals surface area (Å²) < 4.78 is 13.5. The molecule has 0 unspecified atom stereocenters. The number of hydrogen-bond acceptors (Lipinski definition) is 5. The third-order valence-electron chi connectivity index (χ3n) is 6.29. The average Bonchev–Trinajstić information content (AvgIpc) is 3.35. The van der Waals surface area contributed by atoms with Crippen molar-refractivity contribution < 1.29 is 14.0 Å². The van der Waals surface area contributed by atoms with Crippen LogP contribution in [0.3, 0.4) is 0 Å². The zero-order valence-corrected chi connectivity index (χ0v) is 19.2. The second-order valence-corrected chi connectivity index (χ2v) is 10.4. The smallest absolute Gasteiger partial charge is 0.305 e. The van der Waals surface area contributed by atoms with Crippen molar-refractivity contribution >= 4 is 40.6 Å². The predicted octanol–water partition coefficient (Wildman–Crippen LogP) is 5.04. The molecule has 0 saturated carbocycles. The molecule has 8 heteroatoms. The van der Waals surface area contributed by atoms with Crippen molar-refractivity contribution in [3.8, 4) is 11.1 Å². The van der Waals surface area contributed by atoms with Crippen LogP contribution in [0.5, 0.6) is 0 Å². The van der Waals surface area contributed by atoms with E-state index in [1.165, 1.54) is 36.0 Å². The summed E-state index contributed by atoms with van der Waals surface area (Å²) in [5.74, 6) is -2.22. The Balaban J connectivity index is 1.44. The van der Waals surface area contributed by atoms with E-state index in [-0.39, 0.29) is 16.7 Å². The molecule has 0 radical (unpaired) electrons. The number of carbonyl (C=O) groups is 2. The first-order valence-corrected chi connectivity index (χ1v) is 12.4. The minimum Gasteiger partial charge on any atom is -0.307 e. The molecule has 1 N–H and O–H groups in total. The lowest BCUT2D eigenvalue weighted by Crippen LogP contribution is -2.32. The van der Waals surface area contributed by atoms with E-state index < -0.39 is 22.9 Å². The lowest BCUT2D eigenvalue weighted by atomic mass is 9.82. The Hall–Kier alpha value is -3.49. The summed E-state index contributed by atoms with van der Waals surface area (Å²) in [6, 6.07) is 23.2. The lowest BCUT2D eigenvalue weighted by Gasteiger charge is -2.29. The quantitative estimate of drug-likeness (QED) is 0.410. The maximum Gasteiger partial charge on any atom is 0.305 e. The van der Waals surface area contributed by atoms with E-state index in [1.54, 1.807) is 0 Å². The van der Waals surface area contributed by atoms with Crippen LogP contribution in [0.25, 0.3) is 11.1 Å². The fraction of sp³-hybridized carbons (Fsp3) is 0.115. The van der Waals surface area contributed by atoms with Gasteiger partial charge in [0.1, 0.15) is 11.1 Å². The molecule has 0 bridgehead atoms. The minimum atomic E-state index is -0.672. The number of benzene rings is 3. The minimum absolute atomic E-state index is 0.210. The number of thioether (sulfide) groups is 1. The largest absolute Gasteiger partial charge is 0.307 e. The number of imide groups is 1. The number of rotatable bonds is 3. The summed E-state index contributed by atoms with van der Waals surface area (Å²) in [5, 5.41) is -0.0374. The first-order valence-electron chi connectivity index (χ1n) is 10.7. The molecule has 4 aromatic rings. The highest BCUT2D eigenvalue weighted by Crippen LogP contribution is 2.53. The van der Waals surface area contributed by atoms with Crippen LogP contribution in [-0.4, -0.2) is 22.0 Å². The van der Waals surface area contributed by atoms with E-state index in [4.69, 9.17) is 0 Å². The van der Waals surface area contributed by atoms with E-state index in [0.717, 1.165) is 37.8 Å². The average molecular weight is 489 g/mol. The second-order valence-electron chi connectivity index (χ2n) is 8.23. The third kappa shape index (κ3) is 3.33. The molecule has 2 aliphatic rings. The molecular formula is C26H17FN2O3S2. The zero-order chi connectivity index (χ0) is 23.4. The number of carbonyl (C=O) groups excluding carboxylic acids is 2. The van der Waals surface area contributed by atoms with Gasteiger partial charge in [-0.2, -0.15) is 0 Å². The van der Waals surface area contributed by atoms with Crippen LogP contribution in [0.4, 0.5) is 10.1 Å². The van der Waals surface area contributed by atoms with Crippen LogP contribution in [0, 0.1) is 11.7 Å². The van der Waals surface area contributed by atoms with Gasteiger partial charge in [0.2, 0.25) is 11.8 Å². The van der Waals surface area contributed by atoms with Crippen molar-refractivity contribution in [3.63, 3.8) is 0 Å². The molecule has 34 heavy (non-hydrogen) atoms. The SMILES string of the molecule is O=C1[C@H]2[C@H](c3ccc(-c4ccccc4)cc3)c3sc(=O)[nH]c3S[C@H]2C(=O)N1c1ccc(F)cc1. The number of anilines is 1. The van der Waals surface area contributed by atoms with Crippen LogP contribution in [0.2, 0.25) is 0 Å². The normalized spacial score (nSPS) is 21.4. The fourth-order valence-electron chi connectivity index (χ4n) is 4.73. The van der Waals surface area contributed by atoms with E-state index in [0.29, 0.717) is 10.7 Å². The number of thiazole rings is 1. The van der Waals surface area contributed by atoms with Gasteiger partial charge in [0.25, 0.3) is 0 Å². The molecule has 1 aromatic heterocycles. The number of fused-ring (bicyclic) bond motifs is 2. The number of nitrogens with zero attached hydrogens (tertiary/aromatic N) is 1. The van der Waals surface area contributed by atoms with Crippen LogP contribution >= 0.6 is 23.1 Å². The molecular weight excluding hydrogens is 471 g/mol. The van der Waals surface area contributed by atoms with Crippen molar-refractivity contribution in [2.75, 3.05) is 4.90 Å². The van der Waals surface area contributed by atoms with Crippen molar-refractivity contribution in [1.29, 1.82) is 0 Å². The highest BCUT2D eigenvalue weighted by molar-refractivity contribution is 8.00. The number of halogens is 1. The predicted molar refractivity (Wildman–Crippen MR) is 131 cm³/mol. The Labute approximate surface area is 202 Å². The third-order valence-corrected chi connectivity index (χ3v) is 8.69. The van der Waals surface area contributed by atoms with Gasteiger partial charge in [0.15, 0.2) is 0 Å². The molecule has 1 saturated heterocycles. The molecule has 2 amide bonds. The molecule has 3 heterocycles. The van der Waals surface area contributed by atoms with Gasteiger partial charge >= 0.3 is 4.87 Å². The van der Waals surface area contributed by atoms with Crippen LogP contribution in [-0.2, 0) is 9.59 Å². The van der Waals surface area contributed by atoms with Gasteiger partial charge in [-0.15, -0.1) is 0 Å². The first kappa shape index (κ1) is 21.1. The summed E-state index contributed by atoms with van der Waals surface area (Å²) in [7, 11) is 0. The maximum absolute atomic E-state index is 13.6. The highest BCUT2D eigenvalue weighted by atomic mass is 32.2. The zero-order valence-electron chi connectivity index (χ0n) is 17.6. The highest BCUT2D eigenvalue weighted by Gasteiger charge is 2.56. The summed E-state index contributed by atoms with van der Waals surface area (Å²) in [6.45, 7) is 0. The van der Waals surface area contributed by atoms with E-state index in [1.807, 2.05) is 54.6 Å². The Morgan fingerprint density at radius 3 is 2.18 bits per heavy atom. The lowest BCUT2D eigenvalue weighted by molar-refractivity contribution is -0.122. The molecule has 0 aliphatic carbocycles. The topological polar surface area (TPSA) is 70.2 Å². The molecule has 0 spiro atoms. The van der Waals surface area contributed by atoms with Gasteiger partial charge in [0, 0.05) is 10.8 Å². The molecule has 5 nitrogen and oxygen atoms in total. The van der Waals surface area contributed by atoms with E-state index in [2.05, 4.69) is 4.98 Å². The number of amides is 2. The Kier molecular flexibility index (Phi) is 5.00. The number of nitrogens with one attached hydrogen (secondary N) is 1. The first-order chi connectivity index (χ1) is 16.5. The molecule has 1 fully saturated rings. The Bertz CT molecular complexity index is 1460. The number of H-pyrrole nitrogens is 1. The number of aromatic amines is 1. The Morgan fingerprint density at radius 1 is 0.794 bits per heavy atom. The monoisotopic (exact) mass is 488 g/mol. The van der Waals surface area contributed by atoms with Crippen molar-refractivity contribution in [2.45, 2.75) is 16.2 Å². The van der Waals surface area contributed by atoms with Crippen molar-refractivity contribution in [3.05, 3.63) is 105 Å². The van der Waals surface area contributed by atoms with E-state index >= 15 is 0 Å². The maximum atomic E-state index is 13.6. The summed E-state index contributed by atoms with van der Waals surface area (Å²) in [6.07, 6.45) is 0.